The number of benzene rings is 1. The summed E-state index contributed by atoms with van der Waals surface area (Å²) in [7, 11) is 0. The zero-order valence-electron chi connectivity index (χ0n) is 7.52. The Balaban J connectivity index is 3.19. The first-order chi connectivity index (χ1) is 6.60. The van der Waals surface area contributed by atoms with Gasteiger partial charge < -0.3 is 0 Å². The van der Waals surface area contributed by atoms with E-state index in [2.05, 4.69) is 0 Å². The minimum Gasteiger partial charge on any atom is -0.204 e. The second kappa shape index (κ2) is 4.39. The smallest absolute Gasteiger partial charge is 0.177 e. The first kappa shape index (κ1) is 10.9. The third-order valence-corrected chi connectivity index (χ3v) is 2.25. The van der Waals surface area contributed by atoms with Crippen LogP contribution < -0.4 is 0 Å². The molecule has 1 nitrogen and oxygen atoms in total. The Morgan fingerprint density at radius 3 is 2.57 bits per heavy atom. The highest BCUT2D eigenvalue weighted by atomic mass is 35.5. The van der Waals surface area contributed by atoms with E-state index in [9.17, 15) is 8.78 Å². The Morgan fingerprint density at radius 1 is 1.50 bits per heavy atom. The molecule has 0 aliphatic carbocycles. The molecule has 0 heterocycles. The summed E-state index contributed by atoms with van der Waals surface area (Å²) in [6.07, 6.45) is 0.540. The quantitative estimate of drug-likeness (QED) is 0.691. The fourth-order valence-corrected chi connectivity index (χ4v) is 1.39. The van der Waals surface area contributed by atoms with Gasteiger partial charge in [0, 0.05) is 0 Å². The fourth-order valence-electron chi connectivity index (χ4n) is 1.18. The zero-order valence-corrected chi connectivity index (χ0v) is 8.28. The van der Waals surface area contributed by atoms with E-state index in [1.54, 1.807) is 6.92 Å². The van der Waals surface area contributed by atoms with Crippen LogP contribution in [-0.2, 0) is 0 Å². The first-order valence-electron chi connectivity index (χ1n) is 4.14. The molecule has 1 aromatic carbocycles. The van der Waals surface area contributed by atoms with E-state index in [1.807, 2.05) is 6.07 Å². The number of rotatable bonds is 2. The van der Waals surface area contributed by atoms with Crippen molar-refractivity contribution in [2.45, 2.75) is 19.3 Å². The molecule has 74 valence electrons. The van der Waals surface area contributed by atoms with Crippen molar-refractivity contribution < 1.29 is 8.78 Å². The largest absolute Gasteiger partial charge is 0.204 e. The van der Waals surface area contributed by atoms with E-state index in [1.165, 1.54) is 6.07 Å². The van der Waals surface area contributed by atoms with Gasteiger partial charge in [-0.15, -0.1) is 0 Å². The van der Waals surface area contributed by atoms with Gasteiger partial charge in [0.2, 0.25) is 0 Å². The summed E-state index contributed by atoms with van der Waals surface area (Å²) in [6.45, 7) is 1.79. The normalized spacial score (nSPS) is 12.2. The predicted octanol–water partition coefficient (Wildman–Crippen LogP) is 3.64. The van der Waals surface area contributed by atoms with Gasteiger partial charge >= 0.3 is 0 Å². The molecule has 0 amide bonds. The van der Waals surface area contributed by atoms with Crippen molar-refractivity contribution in [3.8, 4) is 6.07 Å². The Labute approximate surface area is 85.9 Å². The fraction of sp³-hybridized carbons (Fsp3) is 0.300. The Bertz CT molecular complexity index is 361. The van der Waals surface area contributed by atoms with Gasteiger partial charge in [0.15, 0.2) is 11.6 Å². The van der Waals surface area contributed by atoms with Crippen LogP contribution >= 0.6 is 11.6 Å². The molecule has 0 aromatic heterocycles. The van der Waals surface area contributed by atoms with Crippen LogP contribution in [-0.4, -0.2) is 0 Å². The molecule has 1 rings (SSSR count). The number of nitriles is 1. The highest BCUT2D eigenvalue weighted by molar-refractivity contribution is 6.30. The lowest BCUT2D eigenvalue weighted by Gasteiger charge is -2.07. The molecule has 0 saturated carbocycles. The Kier molecular flexibility index (Phi) is 3.43. The summed E-state index contributed by atoms with van der Waals surface area (Å²) in [4.78, 5) is 0. The summed E-state index contributed by atoms with van der Waals surface area (Å²) in [6, 6.07) is 4.30. The van der Waals surface area contributed by atoms with Gasteiger partial charge in [0.25, 0.3) is 0 Å². The molecular formula is C10H8ClF2N. The van der Waals surface area contributed by atoms with Crippen LogP contribution in [0.15, 0.2) is 12.1 Å². The van der Waals surface area contributed by atoms with Crippen LogP contribution in [0.25, 0.3) is 0 Å². The third-order valence-electron chi connectivity index (χ3n) is 1.97. The van der Waals surface area contributed by atoms with Gasteiger partial charge in [-0.05, 0) is 24.1 Å². The standard InChI is InChI=1S/C10H8ClF2N/c1-2-6(5-14)7-3-8(11)10(13)9(12)4-7/h3-4,6H,2H2,1H3. The zero-order chi connectivity index (χ0) is 10.7. The van der Waals surface area contributed by atoms with Crippen molar-refractivity contribution in [3.05, 3.63) is 34.4 Å². The van der Waals surface area contributed by atoms with Gasteiger partial charge in [-0.3, -0.25) is 0 Å². The molecule has 4 heteroatoms. The summed E-state index contributed by atoms with van der Waals surface area (Å²) in [5.41, 5.74) is 0.416. The van der Waals surface area contributed by atoms with Crippen LogP contribution in [0.2, 0.25) is 5.02 Å². The molecule has 0 radical (unpaired) electrons. The Morgan fingerprint density at radius 2 is 2.14 bits per heavy atom. The second-order valence-corrected chi connectivity index (χ2v) is 3.30. The molecular weight excluding hydrogens is 208 g/mol. The van der Waals surface area contributed by atoms with Crippen molar-refractivity contribution in [2.75, 3.05) is 0 Å². The minimum atomic E-state index is -1.07. The SMILES string of the molecule is CCC(C#N)c1cc(F)c(F)c(Cl)c1. The maximum absolute atomic E-state index is 12.9. The Hall–Kier alpha value is -1.14. The minimum absolute atomic E-state index is 0.284. The molecule has 0 bridgehead atoms. The number of hydrogen-bond acceptors (Lipinski definition) is 1. The maximum Gasteiger partial charge on any atom is 0.177 e. The van der Waals surface area contributed by atoms with E-state index in [0.717, 1.165) is 6.07 Å². The van der Waals surface area contributed by atoms with Crippen LogP contribution in [0, 0.1) is 23.0 Å². The molecule has 0 N–H and O–H groups in total. The number of nitrogens with zero attached hydrogens (tertiary/aromatic N) is 1. The van der Waals surface area contributed by atoms with E-state index in [4.69, 9.17) is 16.9 Å². The highest BCUT2D eigenvalue weighted by Crippen LogP contribution is 2.26. The van der Waals surface area contributed by atoms with Gasteiger partial charge in [0.05, 0.1) is 17.0 Å². The lowest BCUT2D eigenvalue weighted by Crippen LogP contribution is -1.97. The summed E-state index contributed by atoms with van der Waals surface area (Å²) in [5.74, 6) is -2.52. The topological polar surface area (TPSA) is 23.8 Å². The van der Waals surface area contributed by atoms with Crippen molar-refractivity contribution >= 4 is 11.6 Å². The number of halogens is 3. The van der Waals surface area contributed by atoms with Crippen LogP contribution in [0.1, 0.15) is 24.8 Å². The van der Waals surface area contributed by atoms with Crippen molar-refractivity contribution in [3.63, 3.8) is 0 Å². The molecule has 0 fully saturated rings. The van der Waals surface area contributed by atoms with Crippen LogP contribution in [0.5, 0.6) is 0 Å². The van der Waals surface area contributed by atoms with Crippen LogP contribution in [0.4, 0.5) is 8.78 Å². The number of hydrogen-bond donors (Lipinski definition) is 0. The monoisotopic (exact) mass is 215 g/mol. The maximum atomic E-state index is 12.9. The summed E-state index contributed by atoms with van der Waals surface area (Å²) < 4.78 is 25.7. The van der Waals surface area contributed by atoms with E-state index in [0.29, 0.717) is 12.0 Å². The summed E-state index contributed by atoms with van der Waals surface area (Å²) >= 11 is 5.45. The molecule has 0 spiro atoms. The van der Waals surface area contributed by atoms with E-state index >= 15 is 0 Å². The van der Waals surface area contributed by atoms with E-state index < -0.39 is 17.6 Å². The first-order valence-corrected chi connectivity index (χ1v) is 4.52. The molecule has 0 saturated heterocycles. The molecule has 0 aliphatic rings. The second-order valence-electron chi connectivity index (χ2n) is 2.89. The average Bonchev–Trinajstić information content (AvgIpc) is 2.16. The average molecular weight is 216 g/mol. The van der Waals surface area contributed by atoms with Gasteiger partial charge in [-0.1, -0.05) is 18.5 Å². The molecule has 1 atom stereocenters. The van der Waals surface area contributed by atoms with Crippen molar-refractivity contribution in [1.82, 2.24) is 0 Å². The molecule has 14 heavy (non-hydrogen) atoms. The molecule has 1 unspecified atom stereocenters. The van der Waals surface area contributed by atoms with Crippen LogP contribution in [0.3, 0.4) is 0 Å². The van der Waals surface area contributed by atoms with Crippen molar-refractivity contribution in [2.24, 2.45) is 0 Å². The van der Waals surface area contributed by atoms with E-state index in [-0.39, 0.29) is 5.02 Å². The molecule has 1 aromatic rings. The van der Waals surface area contributed by atoms with Gasteiger partial charge in [-0.2, -0.15) is 5.26 Å². The van der Waals surface area contributed by atoms with Gasteiger partial charge in [0.1, 0.15) is 0 Å². The lowest BCUT2D eigenvalue weighted by atomic mass is 9.98. The highest BCUT2D eigenvalue weighted by Gasteiger charge is 2.14. The van der Waals surface area contributed by atoms with Crippen molar-refractivity contribution in [1.29, 1.82) is 5.26 Å². The predicted molar refractivity (Wildman–Crippen MR) is 50.0 cm³/mol. The third kappa shape index (κ3) is 2.02. The van der Waals surface area contributed by atoms with Gasteiger partial charge in [-0.25, -0.2) is 8.78 Å². The summed E-state index contributed by atoms with van der Waals surface area (Å²) in [5, 5.41) is 8.44. The lowest BCUT2D eigenvalue weighted by molar-refractivity contribution is 0.506. The molecule has 0 aliphatic heterocycles.